The molecule has 2 aromatic rings. The molecular formula is C16H23N3O. The molecule has 20 heavy (non-hydrogen) atoms. The van der Waals surface area contributed by atoms with Gasteiger partial charge in [-0.1, -0.05) is 19.1 Å². The van der Waals surface area contributed by atoms with Crippen LogP contribution in [0.2, 0.25) is 0 Å². The minimum Gasteiger partial charge on any atom is -0.494 e. The normalized spacial score (nSPS) is 12.3. The number of benzene rings is 1. The summed E-state index contributed by atoms with van der Waals surface area (Å²) in [5, 5.41) is 7.71. The molecule has 1 heterocycles. The highest BCUT2D eigenvalue weighted by molar-refractivity contribution is 5.34. The van der Waals surface area contributed by atoms with Crippen molar-refractivity contribution in [1.82, 2.24) is 15.1 Å². The molecule has 0 saturated heterocycles. The van der Waals surface area contributed by atoms with Crippen molar-refractivity contribution < 1.29 is 4.74 Å². The lowest BCUT2D eigenvalue weighted by atomic mass is 10.0. The van der Waals surface area contributed by atoms with Crippen LogP contribution in [0.4, 0.5) is 0 Å². The van der Waals surface area contributed by atoms with Crippen LogP contribution in [0.5, 0.6) is 5.75 Å². The molecule has 2 rings (SSSR count). The van der Waals surface area contributed by atoms with Crippen LogP contribution in [0.3, 0.4) is 0 Å². The maximum absolute atomic E-state index is 5.71. The average molecular weight is 273 g/mol. The topological polar surface area (TPSA) is 39.1 Å². The molecule has 0 spiro atoms. The van der Waals surface area contributed by atoms with Gasteiger partial charge in [0.1, 0.15) is 5.75 Å². The minimum absolute atomic E-state index is 0.127. The fourth-order valence-corrected chi connectivity index (χ4v) is 2.34. The van der Waals surface area contributed by atoms with Gasteiger partial charge in [-0.25, -0.2) is 0 Å². The summed E-state index contributed by atoms with van der Waals surface area (Å²) in [6.45, 7) is 5.83. The van der Waals surface area contributed by atoms with E-state index in [1.165, 1.54) is 11.3 Å². The number of aromatic nitrogens is 2. The van der Waals surface area contributed by atoms with E-state index in [0.717, 1.165) is 25.3 Å². The van der Waals surface area contributed by atoms with Gasteiger partial charge in [0, 0.05) is 12.7 Å². The highest BCUT2D eigenvalue weighted by Crippen LogP contribution is 2.25. The highest BCUT2D eigenvalue weighted by atomic mass is 16.5. The van der Waals surface area contributed by atoms with E-state index in [4.69, 9.17) is 4.74 Å². The molecule has 108 valence electrons. The number of nitrogens with zero attached hydrogens (tertiary/aromatic N) is 2. The van der Waals surface area contributed by atoms with Crippen molar-refractivity contribution in [2.75, 3.05) is 13.7 Å². The van der Waals surface area contributed by atoms with Gasteiger partial charge in [-0.05, 0) is 44.2 Å². The first kappa shape index (κ1) is 14.6. The van der Waals surface area contributed by atoms with Gasteiger partial charge in [-0.15, -0.1) is 0 Å². The molecule has 0 aliphatic rings. The zero-order valence-corrected chi connectivity index (χ0v) is 12.5. The van der Waals surface area contributed by atoms with Crippen LogP contribution in [0.1, 0.15) is 37.6 Å². The monoisotopic (exact) mass is 273 g/mol. The molecular weight excluding hydrogens is 250 g/mol. The van der Waals surface area contributed by atoms with Crippen LogP contribution in [-0.2, 0) is 6.54 Å². The number of hydrogen-bond donors (Lipinski definition) is 1. The number of hydrogen-bond acceptors (Lipinski definition) is 3. The van der Waals surface area contributed by atoms with Gasteiger partial charge in [-0.3, -0.25) is 4.68 Å². The van der Waals surface area contributed by atoms with Crippen LogP contribution < -0.4 is 10.1 Å². The van der Waals surface area contributed by atoms with E-state index in [0.29, 0.717) is 0 Å². The largest absolute Gasteiger partial charge is 0.494 e. The summed E-state index contributed by atoms with van der Waals surface area (Å²) in [7, 11) is 1.97. The molecule has 0 saturated carbocycles. The van der Waals surface area contributed by atoms with E-state index >= 15 is 0 Å². The van der Waals surface area contributed by atoms with Gasteiger partial charge in [0.15, 0.2) is 0 Å². The third-order valence-corrected chi connectivity index (χ3v) is 3.30. The Morgan fingerprint density at radius 1 is 1.30 bits per heavy atom. The van der Waals surface area contributed by atoms with Gasteiger partial charge >= 0.3 is 0 Å². The Morgan fingerprint density at radius 3 is 2.85 bits per heavy atom. The van der Waals surface area contributed by atoms with Crippen molar-refractivity contribution in [3.8, 4) is 5.75 Å². The molecule has 4 nitrogen and oxygen atoms in total. The van der Waals surface area contributed by atoms with E-state index in [2.05, 4.69) is 42.5 Å². The maximum Gasteiger partial charge on any atom is 0.119 e. The van der Waals surface area contributed by atoms with Gasteiger partial charge in [0.25, 0.3) is 0 Å². The van der Waals surface area contributed by atoms with Crippen LogP contribution in [-0.4, -0.2) is 23.4 Å². The average Bonchev–Trinajstić information content (AvgIpc) is 2.95. The predicted octanol–water partition coefficient (Wildman–Crippen LogP) is 3.00. The van der Waals surface area contributed by atoms with Crippen LogP contribution in [0.25, 0.3) is 0 Å². The molecule has 0 fully saturated rings. The lowest BCUT2D eigenvalue weighted by Crippen LogP contribution is -2.21. The fourth-order valence-electron chi connectivity index (χ4n) is 2.34. The summed E-state index contributed by atoms with van der Waals surface area (Å²) in [4.78, 5) is 0. The van der Waals surface area contributed by atoms with Gasteiger partial charge in [-0.2, -0.15) is 5.10 Å². The number of aryl methyl sites for hydroxylation is 1. The van der Waals surface area contributed by atoms with E-state index in [9.17, 15) is 0 Å². The molecule has 1 unspecified atom stereocenters. The third kappa shape index (κ3) is 3.20. The lowest BCUT2D eigenvalue weighted by Gasteiger charge is -2.19. The van der Waals surface area contributed by atoms with Crippen LogP contribution >= 0.6 is 0 Å². The third-order valence-electron chi connectivity index (χ3n) is 3.30. The number of rotatable bonds is 7. The molecule has 0 aliphatic heterocycles. The Morgan fingerprint density at radius 2 is 2.15 bits per heavy atom. The predicted molar refractivity (Wildman–Crippen MR) is 81.0 cm³/mol. The SMILES string of the molecule is CCCOc1cccc(C(NC)c2ccnn2CC)c1. The van der Waals surface area contributed by atoms with Crippen molar-refractivity contribution in [1.29, 1.82) is 0 Å². The van der Waals surface area contributed by atoms with Crippen LogP contribution in [0, 0.1) is 0 Å². The van der Waals surface area contributed by atoms with Crippen molar-refractivity contribution in [3.05, 3.63) is 47.8 Å². The molecule has 1 aromatic carbocycles. The van der Waals surface area contributed by atoms with E-state index < -0.39 is 0 Å². The van der Waals surface area contributed by atoms with Crippen molar-refractivity contribution >= 4 is 0 Å². The highest BCUT2D eigenvalue weighted by Gasteiger charge is 2.16. The Labute approximate surface area is 120 Å². The zero-order valence-electron chi connectivity index (χ0n) is 12.5. The Bertz CT molecular complexity index is 536. The van der Waals surface area contributed by atoms with E-state index in [1.807, 2.05) is 30.1 Å². The molecule has 0 amide bonds. The Hall–Kier alpha value is -1.81. The second kappa shape index (κ2) is 7.10. The zero-order chi connectivity index (χ0) is 14.4. The first-order valence-corrected chi connectivity index (χ1v) is 7.21. The second-order valence-corrected chi connectivity index (χ2v) is 4.71. The van der Waals surface area contributed by atoms with Crippen molar-refractivity contribution in [2.24, 2.45) is 0 Å². The number of nitrogens with one attached hydrogen (secondary N) is 1. The standard InChI is InChI=1S/C16H23N3O/c1-4-11-20-14-8-6-7-13(12-14)16(17-3)15-9-10-18-19(15)5-2/h6-10,12,16-17H,4-5,11H2,1-3H3. The molecule has 0 aliphatic carbocycles. The Balaban J connectivity index is 2.27. The molecule has 0 radical (unpaired) electrons. The Kier molecular flexibility index (Phi) is 5.18. The molecule has 4 heteroatoms. The summed E-state index contributed by atoms with van der Waals surface area (Å²) in [6.07, 6.45) is 2.86. The van der Waals surface area contributed by atoms with Gasteiger partial charge in [0.05, 0.1) is 18.3 Å². The summed E-state index contributed by atoms with van der Waals surface area (Å²) in [5.74, 6) is 0.923. The van der Waals surface area contributed by atoms with Gasteiger partial charge < -0.3 is 10.1 Å². The second-order valence-electron chi connectivity index (χ2n) is 4.71. The lowest BCUT2D eigenvalue weighted by molar-refractivity contribution is 0.317. The quantitative estimate of drug-likeness (QED) is 0.843. The fraction of sp³-hybridized carbons (Fsp3) is 0.438. The van der Waals surface area contributed by atoms with E-state index in [-0.39, 0.29) is 6.04 Å². The van der Waals surface area contributed by atoms with Gasteiger partial charge in [0.2, 0.25) is 0 Å². The molecule has 1 atom stereocenters. The number of ether oxygens (including phenoxy) is 1. The first-order chi connectivity index (χ1) is 9.80. The molecule has 0 bridgehead atoms. The molecule has 1 aromatic heterocycles. The van der Waals surface area contributed by atoms with Crippen molar-refractivity contribution in [3.63, 3.8) is 0 Å². The summed E-state index contributed by atoms with van der Waals surface area (Å²) in [6, 6.07) is 10.4. The van der Waals surface area contributed by atoms with E-state index in [1.54, 1.807) is 0 Å². The summed E-state index contributed by atoms with van der Waals surface area (Å²) < 4.78 is 7.73. The molecule has 1 N–H and O–H groups in total. The maximum atomic E-state index is 5.71. The summed E-state index contributed by atoms with van der Waals surface area (Å²) in [5.41, 5.74) is 2.36. The summed E-state index contributed by atoms with van der Waals surface area (Å²) >= 11 is 0. The van der Waals surface area contributed by atoms with Crippen molar-refractivity contribution in [2.45, 2.75) is 32.9 Å². The van der Waals surface area contributed by atoms with Crippen LogP contribution in [0.15, 0.2) is 36.5 Å². The smallest absolute Gasteiger partial charge is 0.119 e. The first-order valence-electron chi connectivity index (χ1n) is 7.21. The minimum atomic E-state index is 0.127.